The molecule has 84 valence electrons. The van der Waals surface area contributed by atoms with E-state index in [4.69, 9.17) is 5.26 Å². The van der Waals surface area contributed by atoms with E-state index in [0.29, 0.717) is 0 Å². The number of carbonyl (C=O) groups is 1. The van der Waals surface area contributed by atoms with Crippen molar-refractivity contribution in [1.82, 2.24) is 0 Å². The normalized spacial score (nSPS) is 20.7. The van der Waals surface area contributed by atoms with E-state index < -0.39 is 0 Å². The molecule has 0 aliphatic heterocycles. The van der Waals surface area contributed by atoms with Crippen molar-refractivity contribution in [2.75, 3.05) is 0 Å². The van der Waals surface area contributed by atoms with Crippen molar-refractivity contribution in [2.45, 2.75) is 52.4 Å². The van der Waals surface area contributed by atoms with Crippen LogP contribution in [0.15, 0.2) is 0 Å². The molecule has 0 aromatic rings. The Balaban J connectivity index is 2.61. The maximum Gasteiger partial charge on any atom is 0.153 e. The average Bonchev–Trinajstić information content (AvgIpc) is 2.45. The van der Waals surface area contributed by atoms with Crippen molar-refractivity contribution < 1.29 is 4.79 Å². The standard InChI is InChI=1S/C13H21NO/c1-10(2)12(9-14)13(15)11-7-5-3-4-6-8-11/h10-12H,3-8H2,1-2H3. The van der Waals surface area contributed by atoms with Crippen LogP contribution in [0.25, 0.3) is 0 Å². The minimum atomic E-state index is -0.381. The highest BCUT2D eigenvalue weighted by Gasteiger charge is 2.29. The summed E-state index contributed by atoms with van der Waals surface area (Å²) in [6, 6.07) is 2.17. The Hall–Kier alpha value is -0.840. The lowest BCUT2D eigenvalue weighted by Gasteiger charge is -2.18. The van der Waals surface area contributed by atoms with Crippen LogP contribution >= 0.6 is 0 Å². The molecule has 0 heterocycles. The Morgan fingerprint density at radius 3 is 2.13 bits per heavy atom. The van der Waals surface area contributed by atoms with Crippen LogP contribution in [0.5, 0.6) is 0 Å². The van der Waals surface area contributed by atoms with E-state index >= 15 is 0 Å². The Kier molecular flexibility index (Phi) is 4.81. The van der Waals surface area contributed by atoms with Crippen molar-refractivity contribution >= 4 is 5.78 Å². The van der Waals surface area contributed by atoms with Gasteiger partial charge in [0.25, 0.3) is 0 Å². The zero-order chi connectivity index (χ0) is 11.3. The Morgan fingerprint density at radius 2 is 1.73 bits per heavy atom. The van der Waals surface area contributed by atoms with Crippen LogP contribution in [0.4, 0.5) is 0 Å². The molecule has 1 aliphatic carbocycles. The summed E-state index contributed by atoms with van der Waals surface area (Å²) in [6.45, 7) is 3.92. The second kappa shape index (κ2) is 5.90. The number of hydrogen-bond donors (Lipinski definition) is 0. The Labute approximate surface area is 92.7 Å². The van der Waals surface area contributed by atoms with Crippen molar-refractivity contribution in [3.63, 3.8) is 0 Å². The monoisotopic (exact) mass is 207 g/mol. The van der Waals surface area contributed by atoms with Gasteiger partial charge in [-0.15, -0.1) is 0 Å². The lowest BCUT2D eigenvalue weighted by Crippen LogP contribution is -2.26. The van der Waals surface area contributed by atoms with Gasteiger partial charge in [-0.2, -0.15) is 5.26 Å². The number of ketones is 1. The first-order chi connectivity index (χ1) is 7.16. The fraction of sp³-hybridized carbons (Fsp3) is 0.846. The van der Waals surface area contributed by atoms with Gasteiger partial charge in [0.1, 0.15) is 5.92 Å². The Bertz CT molecular complexity index is 244. The highest BCUT2D eigenvalue weighted by Crippen LogP contribution is 2.27. The fourth-order valence-electron chi connectivity index (χ4n) is 2.36. The summed E-state index contributed by atoms with van der Waals surface area (Å²) in [7, 11) is 0. The molecule has 0 bridgehead atoms. The van der Waals surface area contributed by atoms with Crippen molar-refractivity contribution in [1.29, 1.82) is 5.26 Å². The van der Waals surface area contributed by atoms with Gasteiger partial charge in [-0.1, -0.05) is 39.5 Å². The third kappa shape index (κ3) is 3.34. The lowest BCUT2D eigenvalue weighted by molar-refractivity contribution is -0.126. The molecule has 0 amide bonds. The van der Waals surface area contributed by atoms with E-state index in [9.17, 15) is 4.79 Å². The highest BCUT2D eigenvalue weighted by molar-refractivity contribution is 5.85. The van der Waals surface area contributed by atoms with Gasteiger partial charge in [-0.3, -0.25) is 4.79 Å². The first-order valence-electron chi connectivity index (χ1n) is 6.10. The van der Waals surface area contributed by atoms with Gasteiger partial charge in [-0.25, -0.2) is 0 Å². The summed E-state index contributed by atoms with van der Waals surface area (Å²) in [5.74, 6) is 0.146. The maximum absolute atomic E-state index is 12.1. The van der Waals surface area contributed by atoms with E-state index in [1.165, 1.54) is 12.8 Å². The minimum absolute atomic E-state index is 0.158. The predicted molar refractivity (Wildman–Crippen MR) is 60.1 cm³/mol. The summed E-state index contributed by atoms with van der Waals surface area (Å²) in [4.78, 5) is 12.1. The summed E-state index contributed by atoms with van der Waals surface area (Å²) in [6.07, 6.45) is 6.83. The van der Waals surface area contributed by atoms with Gasteiger partial charge in [0.2, 0.25) is 0 Å². The molecule has 15 heavy (non-hydrogen) atoms. The van der Waals surface area contributed by atoms with E-state index in [0.717, 1.165) is 25.7 Å². The second-order valence-corrected chi connectivity index (χ2v) is 4.94. The molecule has 2 nitrogen and oxygen atoms in total. The van der Waals surface area contributed by atoms with Crippen LogP contribution in [0.2, 0.25) is 0 Å². The van der Waals surface area contributed by atoms with Crippen molar-refractivity contribution in [3.8, 4) is 6.07 Å². The zero-order valence-corrected chi connectivity index (χ0v) is 9.83. The number of rotatable bonds is 3. The minimum Gasteiger partial charge on any atom is -0.298 e. The molecular formula is C13H21NO. The molecule has 1 fully saturated rings. The van der Waals surface area contributed by atoms with E-state index in [1.54, 1.807) is 0 Å². The van der Waals surface area contributed by atoms with E-state index in [2.05, 4.69) is 6.07 Å². The van der Waals surface area contributed by atoms with Crippen molar-refractivity contribution in [3.05, 3.63) is 0 Å². The first kappa shape index (κ1) is 12.2. The van der Waals surface area contributed by atoms with Gasteiger partial charge in [-0.05, 0) is 18.8 Å². The molecule has 0 aromatic carbocycles. The summed E-state index contributed by atoms with van der Waals surface area (Å²) >= 11 is 0. The summed E-state index contributed by atoms with van der Waals surface area (Å²) < 4.78 is 0. The van der Waals surface area contributed by atoms with Crippen LogP contribution in [-0.2, 0) is 4.79 Å². The van der Waals surface area contributed by atoms with Crippen molar-refractivity contribution in [2.24, 2.45) is 17.8 Å². The molecule has 0 aromatic heterocycles. The smallest absolute Gasteiger partial charge is 0.153 e. The van der Waals surface area contributed by atoms with Gasteiger partial charge >= 0.3 is 0 Å². The third-order valence-electron chi connectivity index (χ3n) is 3.37. The van der Waals surface area contributed by atoms with Crippen LogP contribution in [-0.4, -0.2) is 5.78 Å². The quantitative estimate of drug-likeness (QED) is 0.666. The molecule has 1 aliphatic rings. The van der Waals surface area contributed by atoms with E-state index in [1.807, 2.05) is 13.8 Å². The van der Waals surface area contributed by atoms with Gasteiger partial charge in [0.05, 0.1) is 6.07 Å². The second-order valence-electron chi connectivity index (χ2n) is 4.94. The molecule has 1 atom stereocenters. The lowest BCUT2D eigenvalue weighted by atomic mass is 9.83. The predicted octanol–water partition coefficient (Wildman–Crippen LogP) is 3.32. The molecule has 1 saturated carbocycles. The zero-order valence-electron chi connectivity index (χ0n) is 9.83. The number of hydrogen-bond acceptors (Lipinski definition) is 2. The van der Waals surface area contributed by atoms with Gasteiger partial charge < -0.3 is 0 Å². The molecule has 0 radical (unpaired) electrons. The molecule has 1 unspecified atom stereocenters. The molecule has 0 saturated heterocycles. The summed E-state index contributed by atoms with van der Waals surface area (Å²) in [5.41, 5.74) is 0. The van der Waals surface area contributed by atoms with E-state index in [-0.39, 0.29) is 23.5 Å². The number of Topliss-reactive ketones (excluding diaryl/α,β-unsaturated/α-hetero) is 1. The molecule has 0 spiro atoms. The third-order valence-corrected chi connectivity index (χ3v) is 3.37. The van der Waals surface area contributed by atoms with Gasteiger partial charge in [0.15, 0.2) is 5.78 Å². The fourth-order valence-corrected chi connectivity index (χ4v) is 2.36. The van der Waals surface area contributed by atoms with Gasteiger partial charge in [0, 0.05) is 5.92 Å². The average molecular weight is 207 g/mol. The molecule has 1 rings (SSSR count). The molecule has 0 N–H and O–H groups in total. The molecular weight excluding hydrogens is 186 g/mol. The SMILES string of the molecule is CC(C)C(C#N)C(=O)C1CCCCCC1. The largest absolute Gasteiger partial charge is 0.298 e. The number of carbonyl (C=O) groups excluding carboxylic acids is 1. The van der Waals surface area contributed by atoms with Crippen LogP contribution in [0.1, 0.15) is 52.4 Å². The van der Waals surface area contributed by atoms with Crippen LogP contribution in [0.3, 0.4) is 0 Å². The molecule has 2 heteroatoms. The van der Waals surface area contributed by atoms with Crippen LogP contribution < -0.4 is 0 Å². The maximum atomic E-state index is 12.1. The Morgan fingerprint density at radius 1 is 1.20 bits per heavy atom. The topological polar surface area (TPSA) is 40.9 Å². The van der Waals surface area contributed by atoms with Crippen LogP contribution in [0, 0.1) is 29.1 Å². The summed E-state index contributed by atoms with van der Waals surface area (Å²) in [5, 5.41) is 9.00. The highest BCUT2D eigenvalue weighted by atomic mass is 16.1. The number of nitrogens with zero attached hydrogens (tertiary/aromatic N) is 1. The first-order valence-corrected chi connectivity index (χ1v) is 6.10. The number of nitriles is 1.